The van der Waals surface area contributed by atoms with Gasteiger partial charge in [-0.15, -0.1) is 0 Å². The van der Waals surface area contributed by atoms with Gasteiger partial charge in [-0.05, 0) is 69.2 Å². The molecule has 1 saturated heterocycles. The lowest BCUT2D eigenvalue weighted by molar-refractivity contribution is -0.120. The molecule has 4 rings (SSSR count). The van der Waals surface area contributed by atoms with Crippen molar-refractivity contribution < 1.29 is 29.0 Å². The van der Waals surface area contributed by atoms with E-state index in [-0.39, 0.29) is 17.5 Å². The minimum atomic E-state index is -1.06. The lowest BCUT2D eigenvalue weighted by Crippen LogP contribution is -2.47. The number of carbonyl (C=O) groups excluding carboxylic acids is 2. The van der Waals surface area contributed by atoms with Crippen molar-refractivity contribution >= 4 is 34.6 Å². The van der Waals surface area contributed by atoms with Crippen LogP contribution in [0.3, 0.4) is 0 Å². The Morgan fingerprint density at radius 3 is 2.43 bits per heavy atom. The number of hydrogen-bond acceptors (Lipinski definition) is 5. The number of benzene rings is 2. The van der Waals surface area contributed by atoms with E-state index >= 15 is 0 Å². The highest BCUT2D eigenvalue weighted by molar-refractivity contribution is 6.00. The summed E-state index contributed by atoms with van der Waals surface area (Å²) in [5.41, 5.74) is 1.44. The molecular weight excluding hydrogens is 450 g/mol. The first-order valence-electron chi connectivity index (χ1n) is 11.4. The maximum Gasteiger partial charge on any atom is 0.410 e. The van der Waals surface area contributed by atoms with Crippen LogP contribution in [0.15, 0.2) is 48.5 Å². The fourth-order valence-corrected chi connectivity index (χ4v) is 4.38. The van der Waals surface area contributed by atoms with Crippen LogP contribution in [-0.2, 0) is 9.53 Å². The molecule has 0 radical (unpaired) electrons. The standard InChI is InChI=1S/C26H29N3O6/c1-26(2,3)35-25(33)29-12-11-19(15-5-8-18(34-4)9-6-15)22(29)23(30)27-17-7-10-20-16(13-17)14-21(28-20)24(31)32/h5-10,13-14,19,22,28H,11-12H2,1-4H3,(H,27,30)(H,31,32). The number of hydrogen-bond donors (Lipinski definition) is 3. The molecule has 0 spiro atoms. The highest BCUT2D eigenvalue weighted by Gasteiger charge is 2.44. The van der Waals surface area contributed by atoms with Crippen molar-refractivity contribution in [3.8, 4) is 5.75 Å². The van der Waals surface area contributed by atoms with Gasteiger partial charge in [-0.2, -0.15) is 0 Å². The maximum absolute atomic E-state index is 13.6. The zero-order valence-corrected chi connectivity index (χ0v) is 20.1. The lowest BCUT2D eigenvalue weighted by atomic mass is 9.91. The predicted molar refractivity (Wildman–Crippen MR) is 131 cm³/mol. The Balaban J connectivity index is 1.63. The normalized spacial score (nSPS) is 17.9. The highest BCUT2D eigenvalue weighted by atomic mass is 16.6. The minimum absolute atomic E-state index is 0.0648. The Labute approximate surface area is 203 Å². The summed E-state index contributed by atoms with van der Waals surface area (Å²) in [5.74, 6) is -0.934. The molecule has 2 heterocycles. The molecule has 35 heavy (non-hydrogen) atoms. The number of ether oxygens (including phenoxy) is 2. The number of fused-ring (bicyclic) bond motifs is 1. The third-order valence-electron chi connectivity index (χ3n) is 5.96. The van der Waals surface area contributed by atoms with Crippen molar-refractivity contribution in [2.45, 2.75) is 44.8 Å². The van der Waals surface area contributed by atoms with E-state index in [1.54, 1.807) is 46.1 Å². The number of carboxylic acid groups (broad SMARTS) is 1. The van der Waals surface area contributed by atoms with Gasteiger partial charge in [0.15, 0.2) is 0 Å². The van der Waals surface area contributed by atoms with Crippen LogP contribution in [0.25, 0.3) is 10.9 Å². The molecule has 2 atom stereocenters. The first-order valence-corrected chi connectivity index (χ1v) is 11.4. The number of aromatic amines is 1. The van der Waals surface area contributed by atoms with Crippen molar-refractivity contribution in [1.29, 1.82) is 0 Å². The second kappa shape index (κ2) is 9.32. The van der Waals surface area contributed by atoms with Gasteiger partial charge in [0.05, 0.1) is 7.11 Å². The molecule has 1 aromatic heterocycles. The average Bonchev–Trinajstić information content (AvgIpc) is 3.42. The van der Waals surface area contributed by atoms with E-state index in [1.807, 2.05) is 24.3 Å². The summed E-state index contributed by atoms with van der Waals surface area (Å²) in [5, 5.41) is 12.8. The number of methoxy groups -OCH3 is 1. The molecule has 2 aromatic carbocycles. The lowest BCUT2D eigenvalue weighted by Gasteiger charge is -2.30. The summed E-state index contributed by atoms with van der Waals surface area (Å²) in [7, 11) is 1.59. The number of carbonyl (C=O) groups is 3. The monoisotopic (exact) mass is 479 g/mol. The molecule has 9 nitrogen and oxygen atoms in total. The highest BCUT2D eigenvalue weighted by Crippen LogP contribution is 2.36. The number of nitrogens with one attached hydrogen (secondary N) is 2. The van der Waals surface area contributed by atoms with E-state index in [1.165, 1.54) is 11.0 Å². The van der Waals surface area contributed by atoms with Crippen molar-refractivity contribution in [3.05, 3.63) is 59.8 Å². The van der Waals surface area contributed by atoms with E-state index in [4.69, 9.17) is 9.47 Å². The molecule has 3 aromatic rings. The van der Waals surface area contributed by atoms with Gasteiger partial charge in [0.2, 0.25) is 5.91 Å². The molecule has 1 aliphatic rings. The van der Waals surface area contributed by atoms with Crippen molar-refractivity contribution in [3.63, 3.8) is 0 Å². The van der Waals surface area contributed by atoms with Crippen LogP contribution < -0.4 is 10.1 Å². The molecule has 0 bridgehead atoms. The van der Waals surface area contributed by atoms with Gasteiger partial charge in [0.1, 0.15) is 23.1 Å². The van der Waals surface area contributed by atoms with Crippen LogP contribution in [0, 0.1) is 0 Å². The van der Waals surface area contributed by atoms with Gasteiger partial charge in [0.25, 0.3) is 0 Å². The molecule has 184 valence electrons. The second-order valence-corrected chi connectivity index (χ2v) is 9.57. The van der Waals surface area contributed by atoms with E-state index in [0.717, 1.165) is 5.56 Å². The average molecular weight is 480 g/mol. The Kier molecular flexibility index (Phi) is 6.43. The summed E-state index contributed by atoms with van der Waals surface area (Å²) in [6.45, 7) is 5.74. The Morgan fingerprint density at radius 1 is 1.09 bits per heavy atom. The van der Waals surface area contributed by atoms with Crippen LogP contribution in [0.1, 0.15) is 49.2 Å². The summed E-state index contributed by atoms with van der Waals surface area (Å²) < 4.78 is 10.8. The summed E-state index contributed by atoms with van der Waals surface area (Å²) >= 11 is 0. The second-order valence-electron chi connectivity index (χ2n) is 9.57. The number of rotatable bonds is 5. The van der Waals surface area contributed by atoms with Crippen LogP contribution in [0.2, 0.25) is 0 Å². The minimum Gasteiger partial charge on any atom is -0.497 e. The van der Waals surface area contributed by atoms with E-state index in [0.29, 0.717) is 35.3 Å². The fraction of sp³-hybridized carbons (Fsp3) is 0.346. The van der Waals surface area contributed by atoms with Crippen LogP contribution in [0.4, 0.5) is 10.5 Å². The molecule has 2 amide bonds. The SMILES string of the molecule is COc1ccc(C2CCN(C(=O)OC(C)(C)C)C2C(=O)Nc2ccc3[nH]c(C(=O)O)cc3c2)cc1. The van der Waals surface area contributed by atoms with Gasteiger partial charge in [-0.1, -0.05) is 12.1 Å². The fourth-order valence-electron chi connectivity index (χ4n) is 4.38. The van der Waals surface area contributed by atoms with E-state index in [9.17, 15) is 19.5 Å². The first kappa shape index (κ1) is 24.1. The summed E-state index contributed by atoms with van der Waals surface area (Å²) in [6.07, 6.45) is 0.0588. The number of likely N-dealkylation sites (tertiary alicyclic amines) is 1. The molecule has 3 N–H and O–H groups in total. The third kappa shape index (κ3) is 5.24. The van der Waals surface area contributed by atoms with Crippen molar-refractivity contribution in [2.24, 2.45) is 0 Å². The van der Waals surface area contributed by atoms with Crippen LogP contribution in [0.5, 0.6) is 5.75 Å². The molecule has 1 aliphatic heterocycles. The number of anilines is 1. The number of nitrogens with zero attached hydrogens (tertiary/aromatic N) is 1. The predicted octanol–water partition coefficient (Wildman–Crippen LogP) is 4.61. The molecule has 0 aliphatic carbocycles. The maximum atomic E-state index is 13.6. The molecule has 1 fully saturated rings. The van der Waals surface area contributed by atoms with E-state index in [2.05, 4.69) is 10.3 Å². The van der Waals surface area contributed by atoms with Crippen molar-refractivity contribution in [2.75, 3.05) is 19.0 Å². The zero-order valence-electron chi connectivity index (χ0n) is 20.1. The van der Waals surface area contributed by atoms with Crippen LogP contribution in [-0.4, -0.2) is 58.3 Å². The number of amides is 2. The number of carboxylic acids is 1. The van der Waals surface area contributed by atoms with Gasteiger partial charge in [0, 0.05) is 29.1 Å². The Bertz CT molecular complexity index is 1260. The van der Waals surface area contributed by atoms with Gasteiger partial charge in [-0.3, -0.25) is 9.69 Å². The van der Waals surface area contributed by atoms with Gasteiger partial charge >= 0.3 is 12.1 Å². The topological polar surface area (TPSA) is 121 Å². The molecule has 9 heteroatoms. The van der Waals surface area contributed by atoms with E-state index < -0.39 is 23.7 Å². The quantitative estimate of drug-likeness (QED) is 0.492. The number of aromatic nitrogens is 1. The van der Waals surface area contributed by atoms with Crippen molar-refractivity contribution in [1.82, 2.24) is 9.88 Å². The van der Waals surface area contributed by atoms with Crippen LogP contribution >= 0.6 is 0 Å². The Morgan fingerprint density at radius 2 is 1.80 bits per heavy atom. The third-order valence-corrected chi connectivity index (χ3v) is 5.96. The molecular formula is C26H29N3O6. The Hall–Kier alpha value is -4.01. The first-order chi connectivity index (χ1) is 16.6. The summed E-state index contributed by atoms with van der Waals surface area (Å²) in [4.78, 5) is 42.1. The van der Waals surface area contributed by atoms with Gasteiger partial charge in [-0.25, -0.2) is 9.59 Å². The molecule has 2 unspecified atom stereocenters. The zero-order chi connectivity index (χ0) is 25.3. The smallest absolute Gasteiger partial charge is 0.410 e. The van der Waals surface area contributed by atoms with Gasteiger partial charge < -0.3 is 24.9 Å². The molecule has 0 saturated carbocycles. The summed E-state index contributed by atoms with van der Waals surface area (Å²) in [6, 6.07) is 13.3. The largest absolute Gasteiger partial charge is 0.497 e. The number of H-pyrrole nitrogens is 1. The number of aromatic carboxylic acids is 1.